The molecule has 0 saturated carbocycles. The Morgan fingerprint density at radius 1 is 1.00 bits per heavy atom. The third-order valence-electron chi connectivity index (χ3n) is 7.48. The quantitative estimate of drug-likeness (QED) is 0.311. The Labute approximate surface area is 210 Å². The van der Waals surface area contributed by atoms with Gasteiger partial charge in [-0.05, 0) is 37.5 Å². The Balaban J connectivity index is 1.40. The molecule has 1 amide bonds. The van der Waals surface area contributed by atoms with Crippen LogP contribution in [0.3, 0.4) is 0 Å². The third-order valence-corrected chi connectivity index (χ3v) is 7.48. The minimum absolute atomic E-state index is 0.0148. The average Bonchev–Trinajstić information content (AvgIpc) is 2.90. The smallest absolute Gasteiger partial charge is 0.334 e. The van der Waals surface area contributed by atoms with Gasteiger partial charge in [-0.3, -0.25) is 24.5 Å². The van der Waals surface area contributed by atoms with Crippen molar-refractivity contribution in [2.45, 2.75) is 25.8 Å². The van der Waals surface area contributed by atoms with Gasteiger partial charge in [0.15, 0.2) is 11.0 Å². The molecule has 9 heteroatoms. The molecule has 2 aliphatic heterocycles. The van der Waals surface area contributed by atoms with E-state index in [0.717, 1.165) is 12.0 Å². The van der Waals surface area contributed by atoms with Crippen molar-refractivity contribution in [2.75, 3.05) is 13.1 Å². The van der Waals surface area contributed by atoms with E-state index in [1.54, 1.807) is 36.1 Å². The number of carbonyl (C=O) groups is 1. The first-order valence-corrected chi connectivity index (χ1v) is 12.1. The molecule has 186 valence electrons. The van der Waals surface area contributed by atoms with Crippen LogP contribution in [0.2, 0.25) is 0 Å². The molecule has 1 unspecified atom stereocenters. The van der Waals surface area contributed by atoms with Crippen LogP contribution in [0.1, 0.15) is 34.0 Å². The highest BCUT2D eigenvalue weighted by molar-refractivity contribution is 6.05. The largest absolute Gasteiger partial charge is 0.455 e. The predicted molar refractivity (Wildman–Crippen MR) is 137 cm³/mol. The lowest BCUT2D eigenvalue weighted by Crippen LogP contribution is -2.49. The molecule has 6 rings (SSSR count). The van der Waals surface area contributed by atoms with Crippen molar-refractivity contribution in [3.8, 4) is 11.3 Å². The standard InChI is InChI=1S/C28H23N3O6/c1-16-24(32)20-8-5-9-21(26(20)37-25(16)18-6-3-2-4-7-18)27(33)29-13-17-12-19(15-29)22-10-11-23(31(35)36)28(34)30(22)14-17/h2-11,17,19H,12-15H2,1H3/t17-,19?/m0/s1. The maximum atomic E-state index is 13.8. The minimum Gasteiger partial charge on any atom is -0.455 e. The van der Waals surface area contributed by atoms with Gasteiger partial charge in [0.05, 0.1) is 15.9 Å². The van der Waals surface area contributed by atoms with E-state index in [-0.39, 0.29) is 28.8 Å². The van der Waals surface area contributed by atoms with Crippen molar-refractivity contribution in [3.63, 3.8) is 0 Å². The van der Waals surface area contributed by atoms with E-state index in [9.17, 15) is 24.5 Å². The molecule has 4 heterocycles. The predicted octanol–water partition coefficient (Wildman–Crippen LogP) is 4.10. The van der Waals surface area contributed by atoms with Gasteiger partial charge in [0.2, 0.25) is 0 Å². The fourth-order valence-corrected chi connectivity index (χ4v) is 5.75. The lowest BCUT2D eigenvalue weighted by molar-refractivity contribution is -0.386. The van der Waals surface area contributed by atoms with Crippen molar-refractivity contribution in [3.05, 3.63) is 108 Å². The zero-order valence-electron chi connectivity index (χ0n) is 20.0. The van der Waals surface area contributed by atoms with Gasteiger partial charge >= 0.3 is 11.2 Å². The number of rotatable bonds is 3. The molecule has 0 N–H and O–H groups in total. The number of likely N-dealkylation sites (tertiary alicyclic amines) is 1. The van der Waals surface area contributed by atoms with E-state index < -0.39 is 16.2 Å². The van der Waals surface area contributed by atoms with Gasteiger partial charge in [-0.1, -0.05) is 36.4 Å². The number of hydrogen-bond donors (Lipinski definition) is 0. The second-order valence-electron chi connectivity index (χ2n) is 9.76. The molecule has 1 fully saturated rings. The summed E-state index contributed by atoms with van der Waals surface area (Å²) >= 11 is 0. The first-order chi connectivity index (χ1) is 17.8. The van der Waals surface area contributed by atoms with Crippen LogP contribution in [-0.2, 0) is 6.54 Å². The fraction of sp³-hybridized carbons (Fsp3) is 0.250. The van der Waals surface area contributed by atoms with Gasteiger partial charge in [-0.2, -0.15) is 0 Å². The summed E-state index contributed by atoms with van der Waals surface area (Å²) in [6, 6.07) is 17.2. The molecule has 2 atom stereocenters. The van der Waals surface area contributed by atoms with E-state index in [4.69, 9.17) is 4.42 Å². The van der Waals surface area contributed by atoms with Crippen LogP contribution in [0.15, 0.2) is 74.7 Å². The second kappa shape index (κ2) is 8.55. The fourth-order valence-electron chi connectivity index (χ4n) is 5.75. The maximum absolute atomic E-state index is 13.8. The molecule has 0 spiro atoms. The van der Waals surface area contributed by atoms with Crippen LogP contribution in [-0.4, -0.2) is 33.4 Å². The zero-order chi connectivity index (χ0) is 25.8. The highest BCUT2D eigenvalue weighted by atomic mass is 16.6. The molecule has 9 nitrogen and oxygen atoms in total. The Morgan fingerprint density at radius 2 is 1.78 bits per heavy atom. The molecule has 1 saturated heterocycles. The molecular weight excluding hydrogens is 474 g/mol. The summed E-state index contributed by atoms with van der Waals surface area (Å²) in [6.45, 7) is 2.81. The average molecular weight is 498 g/mol. The van der Waals surface area contributed by atoms with Crippen LogP contribution in [0.5, 0.6) is 0 Å². The van der Waals surface area contributed by atoms with E-state index >= 15 is 0 Å². The first-order valence-electron chi connectivity index (χ1n) is 12.1. The number of para-hydroxylation sites is 1. The summed E-state index contributed by atoms with van der Waals surface area (Å²) in [4.78, 5) is 52.0. The zero-order valence-corrected chi connectivity index (χ0v) is 20.0. The molecule has 2 aromatic heterocycles. The van der Waals surface area contributed by atoms with Crippen LogP contribution in [0.25, 0.3) is 22.3 Å². The molecule has 0 aliphatic carbocycles. The number of benzene rings is 2. The number of amides is 1. The summed E-state index contributed by atoms with van der Waals surface area (Å²) < 4.78 is 7.74. The highest BCUT2D eigenvalue weighted by Crippen LogP contribution is 2.37. The summed E-state index contributed by atoms with van der Waals surface area (Å²) in [5.74, 6) is 0.0564. The van der Waals surface area contributed by atoms with E-state index in [0.29, 0.717) is 47.6 Å². The summed E-state index contributed by atoms with van der Waals surface area (Å²) in [5, 5.41) is 11.6. The molecule has 4 aromatic rings. The monoisotopic (exact) mass is 497 g/mol. The number of piperidine rings is 1. The van der Waals surface area contributed by atoms with Gasteiger partial charge in [0, 0.05) is 48.4 Å². The van der Waals surface area contributed by atoms with Crippen LogP contribution in [0, 0.1) is 23.0 Å². The normalized spacial score (nSPS) is 18.5. The van der Waals surface area contributed by atoms with Crippen LogP contribution >= 0.6 is 0 Å². The Bertz CT molecular complexity index is 1710. The number of aromatic nitrogens is 1. The van der Waals surface area contributed by atoms with Crippen LogP contribution in [0.4, 0.5) is 5.69 Å². The Morgan fingerprint density at radius 3 is 2.54 bits per heavy atom. The number of fused-ring (bicyclic) bond motifs is 5. The summed E-state index contributed by atoms with van der Waals surface area (Å²) in [6.07, 6.45) is 0.795. The number of nitrogens with zero attached hydrogens (tertiary/aromatic N) is 3. The van der Waals surface area contributed by atoms with Gasteiger partial charge in [-0.15, -0.1) is 0 Å². The lowest BCUT2D eigenvalue weighted by Gasteiger charge is -2.42. The minimum atomic E-state index is -0.657. The maximum Gasteiger partial charge on any atom is 0.334 e. The molecular formula is C28H23N3O6. The molecule has 37 heavy (non-hydrogen) atoms. The summed E-state index contributed by atoms with van der Waals surface area (Å²) in [5.41, 5.74) is 1.29. The number of hydrogen-bond acceptors (Lipinski definition) is 6. The molecule has 2 aliphatic rings. The van der Waals surface area contributed by atoms with Gasteiger partial charge in [-0.25, -0.2) is 0 Å². The van der Waals surface area contributed by atoms with Crippen molar-refractivity contribution in [1.82, 2.24) is 9.47 Å². The van der Waals surface area contributed by atoms with Gasteiger partial charge < -0.3 is 13.9 Å². The number of nitro groups is 1. The van der Waals surface area contributed by atoms with Gasteiger partial charge in [0.25, 0.3) is 5.91 Å². The van der Waals surface area contributed by atoms with E-state index in [1.807, 2.05) is 30.3 Å². The number of pyridine rings is 1. The Hall–Kier alpha value is -4.53. The van der Waals surface area contributed by atoms with Crippen molar-refractivity contribution in [1.29, 1.82) is 0 Å². The van der Waals surface area contributed by atoms with Gasteiger partial charge in [0.1, 0.15) is 5.76 Å². The van der Waals surface area contributed by atoms with E-state index in [2.05, 4.69) is 0 Å². The van der Waals surface area contributed by atoms with Crippen molar-refractivity contribution >= 4 is 22.6 Å². The summed E-state index contributed by atoms with van der Waals surface area (Å²) in [7, 11) is 0. The van der Waals surface area contributed by atoms with Crippen molar-refractivity contribution in [2.24, 2.45) is 5.92 Å². The topological polar surface area (TPSA) is 116 Å². The first kappa shape index (κ1) is 22.9. The molecule has 0 radical (unpaired) electrons. The SMILES string of the molecule is Cc1c(-c2ccccc2)oc2c(C(=O)N3CC4C[C@@H](C3)Cn3c4ccc([N+](=O)[O-])c3=O)cccc2c1=O. The molecule has 2 aromatic carbocycles. The second-order valence-corrected chi connectivity index (χ2v) is 9.76. The molecule has 2 bridgehead atoms. The van der Waals surface area contributed by atoms with Crippen molar-refractivity contribution < 1.29 is 14.1 Å². The van der Waals surface area contributed by atoms with Crippen LogP contribution < -0.4 is 11.0 Å². The van der Waals surface area contributed by atoms with E-state index in [1.165, 1.54) is 10.6 Å². The lowest BCUT2D eigenvalue weighted by atomic mass is 9.83. The highest BCUT2D eigenvalue weighted by Gasteiger charge is 2.38. The Kier molecular flexibility index (Phi) is 5.29. The number of carbonyl (C=O) groups excluding carboxylic acids is 1. The third kappa shape index (κ3) is 3.66.